The van der Waals surface area contributed by atoms with Crippen molar-refractivity contribution in [2.45, 2.75) is 0 Å². The fourth-order valence-corrected chi connectivity index (χ4v) is 1.52. The van der Waals surface area contributed by atoms with E-state index in [1.54, 1.807) is 0 Å². The van der Waals surface area contributed by atoms with Crippen LogP contribution in [-0.2, 0) is 0 Å². The molecule has 6 nitrogen and oxygen atoms in total. The molecule has 20 heavy (non-hydrogen) atoms. The van der Waals surface area contributed by atoms with E-state index >= 15 is 0 Å². The van der Waals surface area contributed by atoms with E-state index in [0.717, 1.165) is 5.75 Å². The molecular formula is C14H14N2O4. The Bertz CT molecular complexity index is 587. The van der Waals surface area contributed by atoms with Crippen LogP contribution in [-0.4, -0.2) is 29.3 Å². The summed E-state index contributed by atoms with van der Waals surface area (Å²) in [6.45, 7) is 0.602. The molecule has 0 saturated heterocycles. The molecule has 6 heteroatoms. The SMILES string of the molecule is Nc1cc(C(=O)O)cnc1OCCOc1ccccc1. The highest BCUT2D eigenvalue weighted by atomic mass is 16.5. The van der Waals surface area contributed by atoms with Gasteiger partial charge < -0.3 is 20.3 Å². The van der Waals surface area contributed by atoms with Crippen LogP contribution in [0.25, 0.3) is 0 Å². The summed E-state index contributed by atoms with van der Waals surface area (Å²) in [7, 11) is 0. The fourth-order valence-electron chi connectivity index (χ4n) is 1.52. The van der Waals surface area contributed by atoms with Crippen LogP contribution in [0.5, 0.6) is 11.6 Å². The van der Waals surface area contributed by atoms with Crippen LogP contribution in [0.1, 0.15) is 10.4 Å². The van der Waals surface area contributed by atoms with E-state index in [1.807, 2.05) is 30.3 Å². The molecule has 0 saturated carbocycles. The predicted molar refractivity (Wildman–Crippen MR) is 73.0 cm³/mol. The van der Waals surface area contributed by atoms with E-state index in [0.29, 0.717) is 6.61 Å². The van der Waals surface area contributed by atoms with Crippen LogP contribution in [0.4, 0.5) is 5.69 Å². The number of hydrogen-bond donors (Lipinski definition) is 2. The zero-order valence-corrected chi connectivity index (χ0v) is 10.7. The molecule has 0 spiro atoms. The number of aromatic carboxylic acids is 1. The second kappa shape index (κ2) is 6.42. The highest BCUT2D eigenvalue weighted by molar-refractivity contribution is 5.88. The molecule has 2 rings (SSSR count). The molecular weight excluding hydrogens is 260 g/mol. The number of nitrogens with zero attached hydrogens (tertiary/aromatic N) is 1. The molecule has 0 aliphatic rings. The second-order valence-electron chi connectivity index (χ2n) is 3.93. The number of nitrogen functional groups attached to an aromatic ring is 1. The minimum atomic E-state index is -1.08. The van der Waals surface area contributed by atoms with Gasteiger partial charge in [-0.15, -0.1) is 0 Å². The number of ether oxygens (including phenoxy) is 2. The first kappa shape index (κ1) is 13.7. The Balaban J connectivity index is 1.84. The van der Waals surface area contributed by atoms with Crippen LogP contribution in [0.3, 0.4) is 0 Å². The lowest BCUT2D eigenvalue weighted by Gasteiger charge is -2.09. The first-order valence-electron chi connectivity index (χ1n) is 5.96. The normalized spacial score (nSPS) is 10.0. The lowest BCUT2D eigenvalue weighted by molar-refractivity contribution is 0.0696. The summed E-state index contributed by atoms with van der Waals surface area (Å²) in [5, 5.41) is 8.78. The van der Waals surface area contributed by atoms with E-state index in [2.05, 4.69) is 4.98 Å². The minimum absolute atomic E-state index is 0.0235. The van der Waals surface area contributed by atoms with Crippen molar-refractivity contribution >= 4 is 11.7 Å². The molecule has 0 atom stereocenters. The number of benzene rings is 1. The summed E-state index contributed by atoms with van der Waals surface area (Å²) in [5.74, 6) is -0.131. The number of rotatable bonds is 6. The predicted octanol–water partition coefficient (Wildman–Crippen LogP) is 1.82. The van der Waals surface area contributed by atoms with Crippen LogP contribution in [0, 0.1) is 0 Å². The number of aromatic nitrogens is 1. The molecule has 104 valence electrons. The van der Waals surface area contributed by atoms with Gasteiger partial charge in [0.05, 0.1) is 11.3 Å². The van der Waals surface area contributed by atoms with E-state index < -0.39 is 5.97 Å². The topological polar surface area (TPSA) is 94.7 Å². The van der Waals surface area contributed by atoms with Crippen LogP contribution in [0.2, 0.25) is 0 Å². The minimum Gasteiger partial charge on any atom is -0.490 e. The van der Waals surface area contributed by atoms with Gasteiger partial charge >= 0.3 is 5.97 Å². The number of nitrogens with two attached hydrogens (primary N) is 1. The van der Waals surface area contributed by atoms with Gasteiger partial charge in [-0.1, -0.05) is 18.2 Å². The van der Waals surface area contributed by atoms with E-state index in [1.165, 1.54) is 12.3 Å². The summed E-state index contributed by atoms with van der Waals surface area (Å²) in [6.07, 6.45) is 1.20. The Morgan fingerprint density at radius 2 is 1.90 bits per heavy atom. The van der Waals surface area contributed by atoms with Crippen LogP contribution in [0.15, 0.2) is 42.6 Å². The third-order valence-electron chi connectivity index (χ3n) is 2.46. The van der Waals surface area contributed by atoms with Gasteiger partial charge in [0.2, 0.25) is 5.88 Å². The Labute approximate surface area is 115 Å². The number of para-hydroxylation sites is 1. The first-order chi connectivity index (χ1) is 9.66. The molecule has 1 aromatic heterocycles. The van der Waals surface area contributed by atoms with E-state index in [4.69, 9.17) is 20.3 Å². The number of carbonyl (C=O) groups is 1. The molecule has 3 N–H and O–H groups in total. The largest absolute Gasteiger partial charge is 0.490 e. The third-order valence-corrected chi connectivity index (χ3v) is 2.46. The Morgan fingerprint density at radius 3 is 2.55 bits per heavy atom. The van der Waals surface area contributed by atoms with Gasteiger partial charge in [0, 0.05) is 6.20 Å². The van der Waals surface area contributed by atoms with Gasteiger partial charge in [0.25, 0.3) is 0 Å². The molecule has 0 radical (unpaired) electrons. The third kappa shape index (κ3) is 3.61. The van der Waals surface area contributed by atoms with E-state index in [-0.39, 0.29) is 23.7 Å². The highest BCUT2D eigenvalue weighted by Crippen LogP contribution is 2.19. The maximum atomic E-state index is 10.7. The Morgan fingerprint density at radius 1 is 1.20 bits per heavy atom. The number of anilines is 1. The Kier molecular flexibility index (Phi) is 4.39. The van der Waals surface area contributed by atoms with Crippen molar-refractivity contribution < 1.29 is 19.4 Å². The van der Waals surface area contributed by atoms with Crippen molar-refractivity contribution in [3.05, 3.63) is 48.2 Å². The molecule has 0 fully saturated rings. The fraction of sp³-hybridized carbons (Fsp3) is 0.143. The average Bonchev–Trinajstić information content (AvgIpc) is 2.46. The van der Waals surface area contributed by atoms with Crippen molar-refractivity contribution in [1.29, 1.82) is 0 Å². The highest BCUT2D eigenvalue weighted by Gasteiger charge is 2.08. The lowest BCUT2D eigenvalue weighted by Crippen LogP contribution is -2.11. The van der Waals surface area contributed by atoms with Gasteiger partial charge in [-0.2, -0.15) is 0 Å². The van der Waals surface area contributed by atoms with Crippen molar-refractivity contribution in [2.24, 2.45) is 0 Å². The lowest BCUT2D eigenvalue weighted by atomic mass is 10.2. The van der Waals surface area contributed by atoms with Gasteiger partial charge in [-0.25, -0.2) is 9.78 Å². The summed E-state index contributed by atoms with van der Waals surface area (Å²) in [4.78, 5) is 14.6. The summed E-state index contributed by atoms with van der Waals surface area (Å²) in [6, 6.07) is 10.6. The van der Waals surface area contributed by atoms with Crippen molar-refractivity contribution in [3.8, 4) is 11.6 Å². The maximum absolute atomic E-state index is 10.7. The number of pyridine rings is 1. The van der Waals surface area contributed by atoms with Gasteiger partial charge in [-0.05, 0) is 18.2 Å². The number of carboxylic acid groups (broad SMARTS) is 1. The summed E-state index contributed by atoms with van der Waals surface area (Å²) in [5.41, 5.74) is 5.87. The van der Waals surface area contributed by atoms with Gasteiger partial charge in [0.1, 0.15) is 19.0 Å². The van der Waals surface area contributed by atoms with Crippen molar-refractivity contribution in [1.82, 2.24) is 4.98 Å². The molecule has 0 bridgehead atoms. The van der Waals surface area contributed by atoms with Gasteiger partial charge in [-0.3, -0.25) is 0 Å². The molecule has 0 aliphatic heterocycles. The molecule has 0 amide bonds. The van der Waals surface area contributed by atoms with Crippen LogP contribution < -0.4 is 15.2 Å². The molecule has 0 unspecified atom stereocenters. The monoisotopic (exact) mass is 274 g/mol. The van der Waals surface area contributed by atoms with Crippen molar-refractivity contribution in [2.75, 3.05) is 18.9 Å². The van der Waals surface area contributed by atoms with Crippen LogP contribution >= 0.6 is 0 Å². The quantitative estimate of drug-likeness (QED) is 0.780. The smallest absolute Gasteiger partial charge is 0.337 e. The summed E-state index contributed by atoms with van der Waals surface area (Å²) < 4.78 is 10.8. The molecule has 1 aromatic carbocycles. The zero-order chi connectivity index (χ0) is 14.4. The Hall–Kier alpha value is -2.76. The standard InChI is InChI=1S/C14H14N2O4/c15-12-8-10(14(17)18)9-16-13(12)20-7-6-19-11-4-2-1-3-5-11/h1-5,8-9H,6-7,15H2,(H,17,18). The molecule has 0 aliphatic carbocycles. The first-order valence-corrected chi connectivity index (χ1v) is 5.96. The number of carboxylic acids is 1. The molecule has 2 aromatic rings. The average molecular weight is 274 g/mol. The molecule has 1 heterocycles. The van der Waals surface area contributed by atoms with Crippen molar-refractivity contribution in [3.63, 3.8) is 0 Å². The number of hydrogen-bond acceptors (Lipinski definition) is 5. The maximum Gasteiger partial charge on any atom is 0.337 e. The van der Waals surface area contributed by atoms with E-state index in [9.17, 15) is 4.79 Å². The second-order valence-corrected chi connectivity index (χ2v) is 3.93. The van der Waals surface area contributed by atoms with Gasteiger partial charge in [0.15, 0.2) is 0 Å². The summed E-state index contributed by atoms with van der Waals surface area (Å²) >= 11 is 0. The zero-order valence-electron chi connectivity index (χ0n) is 10.7.